The van der Waals surface area contributed by atoms with Gasteiger partial charge in [0.05, 0.1) is 0 Å². The summed E-state index contributed by atoms with van der Waals surface area (Å²) in [6, 6.07) is 0. The minimum atomic E-state index is -4.00. The Morgan fingerprint density at radius 1 is 1.62 bits per heavy atom. The molecule has 0 aliphatic carbocycles. The molecule has 0 aromatic carbocycles. The number of hydrogen-bond donors (Lipinski definition) is 1. The second-order valence-electron chi connectivity index (χ2n) is 1.11. The number of nitrogens with two attached hydrogens (primary N) is 1. The first-order valence-corrected chi connectivity index (χ1v) is 1.65. The fourth-order valence-corrected chi connectivity index (χ4v) is 0.0581. The molecule has 0 spiro atoms. The van der Waals surface area contributed by atoms with Crippen molar-refractivity contribution in [1.82, 2.24) is 0 Å². The number of halogens is 2. The number of primary amides is 1. The van der Waals surface area contributed by atoms with E-state index in [1.165, 1.54) is 0 Å². The van der Waals surface area contributed by atoms with Gasteiger partial charge in [0, 0.05) is 0 Å². The Morgan fingerprint density at radius 2 is 2.00 bits per heavy atom. The van der Waals surface area contributed by atoms with E-state index in [-0.39, 0.29) is 0 Å². The monoisotopic (exact) mass is 123 g/mol. The van der Waals surface area contributed by atoms with Crippen molar-refractivity contribution in [3.05, 3.63) is 0 Å². The lowest BCUT2D eigenvalue weighted by Crippen LogP contribution is -2.36. The highest BCUT2D eigenvalue weighted by Crippen LogP contribution is 2.06. The fraction of sp³-hybridized carbons (Fsp3) is 0.333. The summed E-state index contributed by atoms with van der Waals surface area (Å²) < 4.78 is 22.9. The molecule has 1 amide bonds. The van der Waals surface area contributed by atoms with Crippen LogP contribution in [-0.4, -0.2) is 18.1 Å². The molecule has 0 aromatic heterocycles. The number of amides is 1. The molecule has 0 bridgehead atoms. The van der Waals surface area contributed by atoms with E-state index >= 15 is 0 Å². The van der Waals surface area contributed by atoms with Crippen LogP contribution in [-0.2, 0) is 9.59 Å². The van der Waals surface area contributed by atoms with Gasteiger partial charge in [-0.1, -0.05) is 0 Å². The second kappa shape index (κ2) is 1.85. The number of aldehydes is 1. The van der Waals surface area contributed by atoms with E-state index in [2.05, 4.69) is 5.73 Å². The zero-order valence-electron chi connectivity index (χ0n) is 3.73. The Kier molecular flexibility index (Phi) is 1.62. The van der Waals surface area contributed by atoms with Crippen LogP contribution in [0.1, 0.15) is 0 Å². The van der Waals surface area contributed by atoms with Gasteiger partial charge in [0.25, 0.3) is 5.91 Å². The molecule has 0 saturated carbocycles. The van der Waals surface area contributed by atoms with Crippen LogP contribution in [0.5, 0.6) is 0 Å². The summed E-state index contributed by atoms with van der Waals surface area (Å²) in [6.45, 7) is 0. The van der Waals surface area contributed by atoms with Gasteiger partial charge in [0.2, 0.25) is 0 Å². The first-order chi connectivity index (χ1) is 3.50. The van der Waals surface area contributed by atoms with E-state index in [0.717, 1.165) is 0 Å². The maximum atomic E-state index is 11.4. The van der Waals surface area contributed by atoms with Crippen LogP contribution in [0, 0.1) is 0 Å². The molecule has 46 valence electrons. The van der Waals surface area contributed by atoms with E-state index in [1.54, 1.807) is 0 Å². The summed E-state index contributed by atoms with van der Waals surface area (Å²) in [5.41, 5.74) is 4.06. The van der Waals surface area contributed by atoms with Crippen LogP contribution in [0.25, 0.3) is 0 Å². The summed E-state index contributed by atoms with van der Waals surface area (Å²) in [4.78, 5) is 18.7. The molecule has 0 atom stereocenters. The maximum absolute atomic E-state index is 11.4. The predicted octanol–water partition coefficient (Wildman–Crippen LogP) is -0.694. The summed E-state index contributed by atoms with van der Waals surface area (Å²) in [5, 5.41) is 0. The first kappa shape index (κ1) is 7.00. The lowest BCUT2D eigenvalue weighted by atomic mass is 10.4. The van der Waals surface area contributed by atoms with Gasteiger partial charge < -0.3 is 5.73 Å². The smallest absolute Gasteiger partial charge is 0.364 e. The van der Waals surface area contributed by atoms with Crippen LogP contribution in [0.4, 0.5) is 8.78 Å². The van der Waals surface area contributed by atoms with Crippen molar-refractivity contribution in [2.24, 2.45) is 5.73 Å². The quantitative estimate of drug-likeness (QED) is 0.390. The molecule has 0 rings (SSSR count). The van der Waals surface area contributed by atoms with Crippen LogP contribution in [0.2, 0.25) is 0 Å². The molecule has 0 aliphatic rings. The van der Waals surface area contributed by atoms with E-state index < -0.39 is 18.1 Å². The summed E-state index contributed by atoms with van der Waals surface area (Å²) in [5.74, 6) is -5.92. The van der Waals surface area contributed by atoms with Gasteiger partial charge in [-0.25, -0.2) is 0 Å². The van der Waals surface area contributed by atoms with E-state index in [1.807, 2.05) is 0 Å². The number of hydrogen-bond acceptors (Lipinski definition) is 2. The largest absolute Gasteiger partial charge is 0.378 e. The van der Waals surface area contributed by atoms with Crippen LogP contribution in [0.3, 0.4) is 0 Å². The van der Waals surface area contributed by atoms with Crippen LogP contribution in [0.15, 0.2) is 0 Å². The van der Waals surface area contributed by atoms with E-state index in [9.17, 15) is 18.4 Å². The molecule has 0 aliphatic heterocycles. The Morgan fingerprint density at radius 3 is 2.00 bits per heavy atom. The van der Waals surface area contributed by atoms with Crippen LogP contribution >= 0.6 is 0 Å². The van der Waals surface area contributed by atoms with Gasteiger partial charge in [-0.15, -0.1) is 0 Å². The molecule has 0 aromatic rings. The second-order valence-corrected chi connectivity index (χ2v) is 1.11. The highest BCUT2D eigenvalue weighted by Gasteiger charge is 2.35. The minimum absolute atomic E-state index is 0.796. The zero-order valence-corrected chi connectivity index (χ0v) is 3.73. The number of carbonyl (C=O) groups is 2. The van der Waals surface area contributed by atoms with Gasteiger partial charge in [0.1, 0.15) is 0 Å². The normalized spacial score (nSPS) is 10.8. The average molecular weight is 123 g/mol. The Balaban J connectivity index is 4.12. The summed E-state index contributed by atoms with van der Waals surface area (Å²) in [7, 11) is 0. The zero-order chi connectivity index (χ0) is 6.78. The third kappa shape index (κ3) is 1.25. The van der Waals surface area contributed by atoms with Crippen molar-refractivity contribution in [3.63, 3.8) is 0 Å². The minimum Gasteiger partial charge on any atom is -0.364 e. The Hall–Kier alpha value is -1.00. The molecule has 0 unspecified atom stereocenters. The maximum Gasteiger partial charge on any atom is 0.378 e. The highest BCUT2D eigenvalue weighted by atomic mass is 19.3. The molecular weight excluding hydrogens is 120 g/mol. The molecule has 2 N–H and O–H groups in total. The molecule has 8 heavy (non-hydrogen) atoms. The standard InChI is InChI=1S/C3H3F2NO2/c4-3(5,1-7)2(6)8/h1H,(H2,6,8). The third-order valence-electron chi connectivity index (χ3n) is 0.477. The van der Waals surface area contributed by atoms with Crippen LogP contribution < -0.4 is 5.73 Å². The molecule has 0 fully saturated rings. The Labute approximate surface area is 43.5 Å². The predicted molar refractivity (Wildman–Crippen MR) is 20.2 cm³/mol. The van der Waals surface area contributed by atoms with Crippen molar-refractivity contribution in [3.8, 4) is 0 Å². The number of alkyl halides is 2. The fourth-order valence-electron chi connectivity index (χ4n) is 0.0581. The first-order valence-electron chi connectivity index (χ1n) is 1.65. The molecule has 0 radical (unpaired) electrons. The molecule has 3 nitrogen and oxygen atoms in total. The molecular formula is C3H3F2NO2. The number of rotatable bonds is 2. The third-order valence-corrected chi connectivity index (χ3v) is 0.477. The average Bonchev–Trinajstić information content (AvgIpc) is 1.67. The molecule has 0 heterocycles. The molecule has 5 heteroatoms. The number of carbonyl (C=O) groups excluding carboxylic acids is 2. The van der Waals surface area contributed by atoms with Crippen molar-refractivity contribution < 1.29 is 18.4 Å². The lowest BCUT2D eigenvalue weighted by Gasteiger charge is -1.99. The SMILES string of the molecule is NC(=O)C(F)(F)C=O. The van der Waals surface area contributed by atoms with Crippen molar-refractivity contribution in [2.45, 2.75) is 5.92 Å². The van der Waals surface area contributed by atoms with Gasteiger partial charge in [-0.05, 0) is 0 Å². The lowest BCUT2D eigenvalue weighted by molar-refractivity contribution is -0.148. The van der Waals surface area contributed by atoms with Gasteiger partial charge in [-0.3, -0.25) is 9.59 Å². The topological polar surface area (TPSA) is 60.2 Å². The van der Waals surface area contributed by atoms with Gasteiger partial charge in [-0.2, -0.15) is 8.78 Å². The van der Waals surface area contributed by atoms with E-state index in [4.69, 9.17) is 0 Å². The Bertz CT molecular complexity index is 122. The highest BCUT2D eigenvalue weighted by molar-refractivity contribution is 5.96. The van der Waals surface area contributed by atoms with Crippen molar-refractivity contribution >= 4 is 12.2 Å². The van der Waals surface area contributed by atoms with Crippen molar-refractivity contribution in [1.29, 1.82) is 0 Å². The summed E-state index contributed by atoms with van der Waals surface area (Å²) >= 11 is 0. The van der Waals surface area contributed by atoms with Gasteiger partial charge in [0.15, 0.2) is 6.29 Å². The molecule has 0 saturated heterocycles. The van der Waals surface area contributed by atoms with Gasteiger partial charge >= 0.3 is 5.92 Å². The van der Waals surface area contributed by atoms with E-state index in [0.29, 0.717) is 0 Å². The summed E-state index contributed by atoms with van der Waals surface area (Å²) in [6.07, 6.45) is -0.796. The van der Waals surface area contributed by atoms with Crippen molar-refractivity contribution in [2.75, 3.05) is 0 Å².